The van der Waals surface area contributed by atoms with Gasteiger partial charge in [-0.2, -0.15) is 0 Å². The van der Waals surface area contributed by atoms with Crippen molar-refractivity contribution in [2.45, 2.75) is 32.7 Å². The molecule has 1 atom stereocenters. The van der Waals surface area contributed by atoms with E-state index in [1.165, 1.54) is 0 Å². The lowest BCUT2D eigenvalue weighted by Gasteiger charge is -2.10. The first-order chi connectivity index (χ1) is 9.08. The minimum atomic E-state index is -0.0883. The molecule has 0 spiro atoms. The molecule has 6 heteroatoms. The van der Waals surface area contributed by atoms with Crippen molar-refractivity contribution in [1.82, 2.24) is 15.0 Å². The zero-order chi connectivity index (χ0) is 14.0. The van der Waals surface area contributed by atoms with Crippen molar-refractivity contribution in [2.24, 2.45) is 5.73 Å². The summed E-state index contributed by atoms with van der Waals surface area (Å²) in [7, 11) is 0. The summed E-state index contributed by atoms with van der Waals surface area (Å²) in [5.74, 6) is 0. The maximum atomic E-state index is 6.24. The average molecular weight is 344 g/mol. The summed E-state index contributed by atoms with van der Waals surface area (Å²) >= 11 is 9.69. The molecule has 0 saturated carbocycles. The first kappa shape index (κ1) is 14.5. The standard InChI is InChI=1S/C13H16BrClN4/c1-3-10(16)13-11(4-2)19(18-17-13)12-7-8(14)5-6-9(12)15/h5-7,10H,3-4,16H2,1-2H3. The van der Waals surface area contributed by atoms with Gasteiger partial charge in [0.15, 0.2) is 0 Å². The fourth-order valence-electron chi connectivity index (χ4n) is 1.97. The first-order valence-corrected chi connectivity index (χ1v) is 7.41. The Bertz CT molecular complexity index is 582. The Morgan fingerprint density at radius 2 is 2.16 bits per heavy atom. The third kappa shape index (κ3) is 2.83. The second-order valence-corrected chi connectivity index (χ2v) is 5.62. The molecular weight excluding hydrogens is 328 g/mol. The maximum Gasteiger partial charge on any atom is 0.103 e. The van der Waals surface area contributed by atoms with Crippen molar-refractivity contribution in [1.29, 1.82) is 0 Å². The van der Waals surface area contributed by atoms with Crippen LogP contribution >= 0.6 is 27.5 Å². The third-order valence-electron chi connectivity index (χ3n) is 3.06. The van der Waals surface area contributed by atoms with Crippen LogP contribution in [0, 0.1) is 0 Å². The largest absolute Gasteiger partial charge is 0.323 e. The van der Waals surface area contributed by atoms with Crippen LogP contribution in [-0.4, -0.2) is 15.0 Å². The summed E-state index contributed by atoms with van der Waals surface area (Å²) in [4.78, 5) is 0. The van der Waals surface area contributed by atoms with Gasteiger partial charge in [-0.25, -0.2) is 4.68 Å². The van der Waals surface area contributed by atoms with E-state index in [0.29, 0.717) is 5.02 Å². The van der Waals surface area contributed by atoms with Gasteiger partial charge in [-0.1, -0.05) is 46.6 Å². The summed E-state index contributed by atoms with van der Waals surface area (Å²) < 4.78 is 2.73. The van der Waals surface area contributed by atoms with Gasteiger partial charge in [-0.05, 0) is 31.0 Å². The van der Waals surface area contributed by atoms with Gasteiger partial charge in [0.2, 0.25) is 0 Å². The predicted molar refractivity (Wildman–Crippen MR) is 80.7 cm³/mol. The van der Waals surface area contributed by atoms with E-state index in [1.54, 1.807) is 4.68 Å². The quantitative estimate of drug-likeness (QED) is 0.921. The number of hydrogen-bond donors (Lipinski definition) is 1. The Balaban J connectivity index is 2.56. The molecule has 0 bridgehead atoms. The summed E-state index contributed by atoms with van der Waals surface area (Å²) in [5.41, 5.74) is 8.74. The van der Waals surface area contributed by atoms with Gasteiger partial charge in [0.05, 0.1) is 22.4 Å². The summed E-state index contributed by atoms with van der Waals surface area (Å²) in [5, 5.41) is 9.07. The summed E-state index contributed by atoms with van der Waals surface area (Å²) in [6, 6.07) is 5.57. The second kappa shape index (κ2) is 6.03. The number of nitrogens with zero attached hydrogens (tertiary/aromatic N) is 3. The number of halogens is 2. The van der Waals surface area contributed by atoms with Crippen LogP contribution < -0.4 is 5.73 Å². The Kier molecular flexibility index (Phi) is 4.60. The molecule has 1 aromatic heterocycles. The zero-order valence-electron chi connectivity index (χ0n) is 10.9. The normalized spacial score (nSPS) is 12.7. The van der Waals surface area contributed by atoms with Gasteiger partial charge in [-0.15, -0.1) is 5.10 Å². The fourth-order valence-corrected chi connectivity index (χ4v) is 2.51. The maximum absolute atomic E-state index is 6.24. The van der Waals surface area contributed by atoms with Gasteiger partial charge in [0.1, 0.15) is 5.69 Å². The SMILES string of the molecule is CCc1c(C(N)CC)nnn1-c1cc(Br)ccc1Cl. The lowest BCUT2D eigenvalue weighted by atomic mass is 10.1. The monoisotopic (exact) mass is 342 g/mol. The van der Waals surface area contributed by atoms with Crippen molar-refractivity contribution in [3.8, 4) is 5.69 Å². The van der Waals surface area contributed by atoms with E-state index >= 15 is 0 Å². The Morgan fingerprint density at radius 3 is 2.79 bits per heavy atom. The Labute approximate surface area is 126 Å². The van der Waals surface area contributed by atoms with E-state index in [-0.39, 0.29) is 6.04 Å². The molecule has 0 aliphatic carbocycles. The summed E-state index contributed by atoms with van der Waals surface area (Å²) in [6.07, 6.45) is 1.64. The smallest absolute Gasteiger partial charge is 0.103 e. The zero-order valence-corrected chi connectivity index (χ0v) is 13.2. The van der Waals surface area contributed by atoms with Crippen LogP contribution in [0.15, 0.2) is 22.7 Å². The molecule has 1 heterocycles. The van der Waals surface area contributed by atoms with E-state index in [0.717, 1.165) is 34.4 Å². The molecule has 4 nitrogen and oxygen atoms in total. The number of benzene rings is 1. The molecule has 19 heavy (non-hydrogen) atoms. The van der Waals surface area contributed by atoms with Crippen LogP contribution in [0.25, 0.3) is 5.69 Å². The fraction of sp³-hybridized carbons (Fsp3) is 0.385. The van der Waals surface area contributed by atoms with Crippen molar-refractivity contribution < 1.29 is 0 Å². The second-order valence-electron chi connectivity index (χ2n) is 4.30. The highest BCUT2D eigenvalue weighted by molar-refractivity contribution is 9.10. The highest BCUT2D eigenvalue weighted by Gasteiger charge is 2.18. The van der Waals surface area contributed by atoms with E-state index in [2.05, 4.69) is 33.2 Å². The minimum Gasteiger partial charge on any atom is -0.323 e. The van der Waals surface area contributed by atoms with Crippen LogP contribution in [0.2, 0.25) is 5.02 Å². The average Bonchev–Trinajstić information content (AvgIpc) is 2.84. The van der Waals surface area contributed by atoms with Crippen molar-refractivity contribution in [3.05, 3.63) is 39.1 Å². The molecule has 1 aromatic carbocycles. The lowest BCUT2D eigenvalue weighted by molar-refractivity contribution is 0.665. The Morgan fingerprint density at radius 1 is 1.42 bits per heavy atom. The van der Waals surface area contributed by atoms with Gasteiger partial charge in [-0.3, -0.25) is 0 Å². The lowest BCUT2D eigenvalue weighted by Crippen LogP contribution is -2.12. The molecule has 0 radical (unpaired) electrons. The molecule has 2 rings (SSSR count). The van der Waals surface area contributed by atoms with Crippen LogP contribution in [0.4, 0.5) is 0 Å². The summed E-state index contributed by atoms with van der Waals surface area (Å²) in [6.45, 7) is 4.10. The van der Waals surface area contributed by atoms with Crippen molar-refractivity contribution >= 4 is 27.5 Å². The van der Waals surface area contributed by atoms with Crippen molar-refractivity contribution in [2.75, 3.05) is 0 Å². The van der Waals surface area contributed by atoms with Crippen molar-refractivity contribution in [3.63, 3.8) is 0 Å². The molecule has 0 aliphatic rings. The minimum absolute atomic E-state index is 0.0883. The third-order valence-corrected chi connectivity index (χ3v) is 3.87. The highest BCUT2D eigenvalue weighted by atomic mass is 79.9. The van der Waals surface area contributed by atoms with Crippen LogP contribution in [-0.2, 0) is 6.42 Å². The van der Waals surface area contributed by atoms with E-state index in [4.69, 9.17) is 17.3 Å². The van der Waals surface area contributed by atoms with E-state index in [9.17, 15) is 0 Å². The van der Waals surface area contributed by atoms with Gasteiger partial charge >= 0.3 is 0 Å². The number of rotatable bonds is 4. The molecule has 0 aliphatic heterocycles. The number of nitrogens with two attached hydrogens (primary N) is 1. The molecule has 102 valence electrons. The van der Waals surface area contributed by atoms with Crippen LogP contribution in [0.5, 0.6) is 0 Å². The van der Waals surface area contributed by atoms with Gasteiger partial charge in [0.25, 0.3) is 0 Å². The van der Waals surface area contributed by atoms with E-state index < -0.39 is 0 Å². The molecular formula is C13H16BrClN4. The van der Waals surface area contributed by atoms with Crippen LogP contribution in [0.1, 0.15) is 37.7 Å². The molecule has 0 saturated heterocycles. The number of aromatic nitrogens is 3. The topological polar surface area (TPSA) is 56.7 Å². The van der Waals surface area contributed by atoms with Gasteiger partial charge in [0, 0.05) is 4.47 Å². The molecule has 1 unspecified atom stereocenters. The number of hydrogen-bond acceptors (Lipinski definition) is 3. The van der Waals surface area contributed by atoms with Gasteiger partial charge < -0.3 is 5.73 Å². The Hall–Kier alpha value is -0.910. The highest BCUT2D eigenvalue weighted by Crippen LogP contribution is 2.27. The first-order valence-electron chi connectivity index (χ1n) is 6.23. The molecule has 0 fully saturated rings. The predicted octanol–water partition coefficient (Wildman–Crippen LogP) is 3.66. The van der Waals surface area contributed by atoms with Crippen LogP contribution in [0.3, 0.4) is 0 Å². The molecule has 2 aromatic rings. The molecule has 2 N–H and O–H groups in total. The van der Waals surface area contributed by atoms with E-state index in [1.807, 2.05) is 25.1 Å². The molecule has 0 amide bonds.